The molecule has 0 atom stereocenters. The van der Waals surface area contributed by atoms with Gasteiger partial charge in [0.05, 0.1) is 5.56 Å². The van der Waals surface area contributed by atoms with E-state index in [0.717, 1.165) is 6.07 Å². The molecule has 0 aliphatic carbocycles. The second-order valence-corrected chi connectivity index (χ2v) is 5.03. The normalized spacial score (nSPS) is 10.7. The second kappa shape index (κ2) is 5.16. The predicted molar refractivity (Wildman–Crippen MR) is 59.8 cm³/mol. The fraction of sp³-hybridized carbons (Fsp3) is 0.364. The lowest BCUT2D eigenvalue weighted by Crippen LogP contribution is -2.03. The zero-order valence-electron chi connectivity index (χ0n) is 8.66. The Morgan fingerprint density at radius 2 is 2.20 bits per heavy atom. The Morgan fingerprint density at radius 3 is 2.73 bits per heavy atom. The summed E-state index contributed by atoms with van der Waals surface area (Å²) in [7, 11) is 0. The van der Waals surface area contributed by atoms with Crippen molar-refractivity contribution < 1.29 is 14.3 Å². The smallest absolute Gasteiger partial charge is 0.336 e. The molecule has 0 aliphatic rings. The molecule has 0 bridgehead atoms. The lowest BCUT2D eigenvalue weighted by atomic mass is 10.1. The molecule has 0 spiro atoms. The van der Waals surface area contributed by atoms with Crippen LogP contribution in [0.15, 0.2) is 18.2 Å². The Bertz CT molecular complexity index is 364. The van der Waals surface area contributed by atoms with E-state index in [1.807, 2.05) is 13.8 Å². The Kier molecular flexibility index (Phi) is 4.15. The van der Waals surface area contributed by atoms with E-state index in [4.69, 9.17) is 5.11 Å². The van der Waals surface area contributed by atoms with Crippen molar-refractivity contribution in [1.29, 1.82) is 0 Å². The summed E-state index contributed by atoms with van der Waals surface area (Å²) in [5.41, 5.74) is 0.728. The number of halogens is 1. The highest BCUT2D eigenvalue weighted by Gasteiger charge is 2.11. The third kappa shape index (κ3) is 3.55. The van der Waals surface area contributed by atoms with Gasteiger partial charge in [-0.25, -0.2) is 9.18 Å². The molecule has 0 aliphatic heterocycles. The van der Waals surface area contributed by atoms with Crippen molar-refractivity contribution in [3.05, 3.63) is 35.1 Å². The number of hydrogen-bond donors (Lipinski definition) is 1. The molecular weight excluding hydrogens is 215 g/mol. The summed E-state index contributed by atoms with van der Waals surface area (Å²) in [5, 5.41) is 9.31. The first-order chi connectivity index (χ1) is 7.00. The first-order valence-electron chi connectivity index (χ1n) is 4.64. The largest absolute Gasteiger partial charge is 0.478 e. The van der Waals surface area contributed by atoms with E-state index in [0.29, 0.717) is 16.6 Å². The van der Waals surface area contributed by atoms with Crippen molar-refractivity contribution in [1.82, 2.24) is 0 Å². The van der Waals surface area contributed by atoms with Crippen molar-refractivity contribution in [3.8, 4) is 0 Å². The Balaban J connectivity index is 2.91. The van der Waals surface area contributed by atoms with Crippen LogP contribution in [0.25, 0.3) is 0 Å². The minimum absolute atomic E-state index is 0.0585. The monoisotopic (exact) mass is 228 g/mol. The van der Waals surface area contributed by atoms with Crippen LogP contribution in [-0.4, -0.2) is 16.3 Å². The van der Waals surface area contributed by atoms with Gasteiger partial charge in [-0.2, -0.15) is 11.8 Å². The van der Waals surface area contributed by atoms with Crippen LogP contribution in [0.3, 0.4) is 0 Å². The van der Waals surface area contributed by atoms with E-state index in [1.165, 1.54) is 12.1 Å². The van der Waals surface area contributed by atoms with Crippen molar-refractivity contribution in [2.75, 3.05) is 0 Å². The summed E-state index contributed by atoms with van der Waals surface area (Å²) in [6.45, 7) is 4.07. The Labute approximate surface area is 92.5 Å². The molecule has 1 N–H and O–H groups in total. The maximum absolute atomic E-state index is 12.8. The van der Waals surface area contributed by atoms with Gasteiger partial charge in [0.15, 0.2) is 0 Å². The van der Waals surface area contributed by atoms with Crippen molar-refractivity contribution >= 4 is 17.7 Å². The molecule has 0 aromatic heterocycles. The SMILES string of the molecule is CC(C)SCc1ccc(F)cc1C(=O)O. The Hall–Kier alpha value is -1.03. The lowest BCUT2D eigenvalue weighted by molar-refractivity contribution is 0.0695. The summed E-state index contributed by atoms with van der Waals surface area (Å²) < 4.78 is 12.8. The molecule has 82 valence electrons. The molecule has 0 fully saturated rings. The van der Waals surface area contributed by atoms with Crippen molar-refractivity contribution in [3.63, 3.8) is 0 Å². The maximum atomic E-state index is 12.8. The molecule has 2 nitrogen and oxygen atoms in total. The van der Waals surface area contributed by atoms with Gasteiger partial charge in [-0.15, -0.1) is 0 Å². The Morgan fingerprint density at radius 1 is 1.53 bits per heavy atom. The van der Waals surface area contributed by atoms with Crippen LogP contribution in [0, 0.1) is 5.82 Å². The molecule has 1 aromatic rings. The summed E-state index contributed by atoms with van der Waals surface area (Å²) in [6, 6.07) is 3.90. The van der Waals surface area contributed by atoms with Crippen LogP contribution in [0.4, 0.5) is 4.39 Å². The molecule has 0 unspecified atom stereocenters. The number of thioether (sulfide) groups is 1. The number of rotatable bonds is 4. The number of hydrogen-bond acceptors (Lipinski definition) is 2. The van der Waals surface area contributed by atoms with E-state index in [2.05, 4.69) is 0 Å². The second-order valence-electron chi connectivity index (χ2n) is 3.47. The highest BCUT2D eigenvalue weighted by Crippen LogP contribution is 2.21. The molecular formula is C11H13FO2S. The summed E-state index contributed by atoms with van der Waals surface area (Å²) in [4.78, 5) is 10.8. The molecule has 0 saturated carbocycles. The summed E-state index contributed by atoms with van der Waals surface area (Å²) >= 11 is 1.64. The molecule has 0 radical (unpaired) electrons. The molecule has 1 aromatic carbocycles. The van der Waals surface area contributed by atoms with Crippen LogP contribution in [0.5, 0.6) is 0 Å². The zero-order valence-corrected chi connectivity index (χ0v) is 9.47. The molecule has 0 amide bonds. The fourth-order valence-corrected chi connectivity index (χ4v) is 1.89. The van der Waals surface area contributed by atoms with Gasteiger partial charge in [-0.1, -0.05) is 19.9 Å². The lowest BCUT2D eigenvalue weighted by Gasteiger charge is -2.07. The predicted octanol–water partition coefficient (Wildman–Crippen LogP) is 3.17. The van der Waals surface area contributed by atoms with Gasteiger partial charge in [0.25, 0.3) is 0 Å². The minimum Gasteiger partial charge on any atom is -0.478 e. The first-order valence-corrected chi connectivity index (χ1v) is 5.69. The van der Waals surface area contributed by atoms with E-state index in [1.54, 1.807) is 11.8 Å². The van der Waals surface area contributed by atoms with Crippen molar-refractivity contribution in [2.45, 2.75) is 24.9 Å². The van der Waals surface area contributed by atoms with Crippen LogP contribution in [-0.2, 0) is 5.75 Å². The zero-order chi connectivity index (χ0) is 11.4. The van der Waals surface area contributed by atoms with Gasteiger partial charge < -0.3 is 5.11 Å². The number of carboxylic acids is 1. The molecule has 0 heterocycles. The molecule has 1 rings (SSSR count). The van der Waals surface area contributed by atoms with E-state index < -0.39 is 11.8 Å². The first kappa shape index (κ1) is 12.0. The molecule has 0 saturated heterocycles. The quantitative estimate of drug-likeness (QED) is 0.860. The fourth-order valence-electron chi connectivity index (χ4n) is 1.13. The van der Waals surface area contributed by atoms with Gasteiger partial charge in [0.1, 0.15) is 5.82 Å². The van der Waals surface area contributed by atoms with Gasteiger partial charge >= 0.3 is 5.97 Å². The number of carboxylic acid groups (broad SMARTS) is 1. The van der Waals surface area contributed by atoms with Crippen LogP contribution in [0.2, 0.25) is 0 Å². The van der Waals surface area contributed by atoms with Gasteiger partial charge in [-0.3, -0.25) is 0 Å². The number of carbonyl (C=O) groups is 1. The summed E-state index contributed by atoms with van der Waals surface area (Å²) in [6.07, 6.45) is 0. The van der Waals surface area contributed by atoms with Crippen LogP contribution in [0.1, 0.15) is 29.8 Å². The maximum Gasteiger partial charge on any atom is 0.336 e. The number of benzene rings is 1. The van der Waals surface area contributed by atoms with Crippen LogP contribution >= 0.6 is 11.8 Å². The van der Waals surface area contributed by atoms with Gasteiger partial charge in [0.2, 0.25) is 0 Å². The average molecular weight is 228 g/mol. The summed E-state index contributed by atoms with van der Waals surface area (Å²) in [5.74, 6) is -0.987. The highest BCUT2D eigenvalue weighted by molar-refractivity contribution is 7.99. The topological polar surface area (TPSA) is 37.3 Å². The molecule has 15 heavy (non-hydrogen) atoms. The standard InChI is InChI=1S/C11H13FO2S/c1-7(2)15-6-8-3-4-9(12)5-10(8)11(13)14/h3-5,7H,6H2,1-2H3,(H,13,14). The average Bonchev–Trinajstić information content (AvgIpc) is 2.15. The van der Waals surface area contributed by atoms with Gasteiger partial charge in [0, 0.05) is 5.75 Å². The third-order valence-electron chi connectivity index (χ3n) is 1.87. The number of aromatic carboxylic acids is 1. The van der Waals surface area contributed by atoms with Gasteiger partial charge in [-0.05, 0) is 22.9 Å². The van der Waals surface area contributed by atoms with E-state index in [-0.39, 0.29) is 5.56 Å². The highest BCUT2D eigenvalue weighted by atomic mass is 32.2. The van der Waals surface area contributed by atoms with Crippen molar-refractivity contribution in [2.24, 2.45) is 0 Å². The van der Waals surface area contributed by atoms with E-state index in [9.17, 15) is 9.18 Å². The third-order valence-corrected chi connectivity index (χ3v) is 3.02. The minimum atomic E-state index is -1.08. The van der Waals surface area contributed by atoms with E-state index >= 15 is 0 Å². The molecule has 4 heteroatoms. The van der Waals surface area contributed by atoms with Crippen LogP contribution < -0.4 is 0 Å².